The highest BCUT2D eigenvalue weighted by molar-refractivity contribution is 5.85. The number of carbonyl (C=O) groups excluding carboxylic acids is 1. The molecule has 1 heterocycles. The Kier molecular flexibility index (Phi) is 7.38. The molecule has 1 aromatic carbocycles. The maximum atomic E-state index is 12.2. The molecule has 4 nitrogen and oxygen atoms in total. The van der Waals surface area contributed by atoms with Gasteiger partial charge in [0.1, 0.15) is 5.75 Å². The zero-order valence-electron chi connectivity index (χ0n) is 14.4. The molecule has 1 saturated carbocycles. The molecule has 134 valence electrons. The third kappa shape index (κ3) is 5.12. The lowest BCUT2D eigenvalue weighted by molar-refractivity contribution is -0.122. The summed E-state index contributed by atoms with van der Waals surface area (Å²) in [5.41, 5.74) is 1.23. The van der Waals surface area contributed by atoms with Crippen molar-refractivity contribution in [1.29, 1.82) is 0 Å². The number of amides is 1. The van der Waals surface area contributed by atoms with Crippen LogP contribution >= 0.6 is 12.4 Å². The Hall–Kier alpha value is -1.26. The number of fused-ring (bicyclic) bond motifs is 1. The van der Waals surface area contributed by atoms with Gasteiger partial charge in [0.2, 0.25) is 5.91 Å². The second-order valence-electron chi connectivity index (χ2n) is 6.91. The summed E-state index contributed by atoms with van der Waals surface area (Å²) < 4.78 is 5.68. The van der Waals surface area contributed by atoms with Crippen molar-refractivity contribution < 1.29 is 9.53 Å². The summed E-state index contributed by atoms with van der Waals surface area (Å²) in [5.74, 6) is 1.77. The average molecular weight is 353 g/mol. The normalized spacial score (nSPS) is 25.5. The van der Waals surface area contributed by atoms with Crippen molar-refractivity contribution in [3.05, 3.63) is 29.8 Å². The van der Waals surface area contributed by atoms with Crippen LogP contribution < -0.4 is 15.4 Å². The Morgan fingerprint density at radius 2 is 2.00 bits per heavy atom. The molecule has 0 spiro atoms. The van der Waals surface area contributed by atoms with Gasteiger partial charge in [0, 0.05) is 12.6 Å². The van der Waals surface area contributed by atoms with E-state index in [4.69, 9.17) is 4.74 Å². The number of rotatable bonds is 6. The Morgan fingerprint density at radius 3 is 2.75 bits per heavy atom. The van der Waals surface area contributed by atoms with Gasteiger partial charge < -0.3 is 15.4 Å². The number of benzene rings is 1. The van der Waals surface area contributed by atoms with Gasteiger partial charge in [-0.1, -0.05) is 30.5 Å². The molecule has 1 aliphatic carbocycles. The van der Waals surface area contributed by atoms with Crippen LogP contribution in [0, 0.1) is 12.8 Å². The van der Waals surface area contributed by atoms with Gasteiger partial charge in [0.15, 0.2) is 0 Å². The first kappa shape index (κ1) is 19.1. The molecule has 2 aliphatic rings. The molecule has 0 aromatic heterocycles. The smallest absolute Gasteiger partial charge is 0.237 e. The number of aryl methyl sites for hydroxylation is 1. The molecule has 0 radical (unpaired) electrons. The van der Waals surface area contributed by atoms with Crippen molar-refractivity contribution in [3.8, 4) is 5.75 Å². The Morgan fingerprint density at radius 1 is 1.25 bits per heavy atom. The molecule has 1 aromatic rings. The van der Waals surface area contributed by atoms with E-state index in [-0.39, 0.29) is 24.4 Å². The van der Waals surface area contributed by atoms with E-state index in [1.165, 1.54) is 31.2 Å². The molecule has 3 rings (SSSR count). The minimum Gasteiger partial charge on any atom is -0.494 e. The van der Waals surface area contributed by atoms with E-state index >= 15 is 0 Å². The first-order chi connectivity index (χ1) is 11.2. The van der Waals surface area contributed by atoms with Gasteiger partial charge in [-0.3, -0.25) is 4.79 Å². The number of ether oxygens (including phenoxy) is 1. The van der Waals surface area contributed by atoms with Crippen molar-refractivity contribution >= 4 is 18.3 Å². The highest BCUT2D eigenvalue weighted by atomic mass is 35.5. The van der Waals surface area contributed by atoms with Gasteiger partial charge >= 0.3 is 0 Å². The van der Waals surface area contributed by atoms with Gasteiger partial charge in [-0.15, -0.1) is 12.4 Å². The molecule has 1 amide bonds. The van der Waals surface area contributed by atoms with Crippen molar-refractivity contribution in [3.63, 3.8) is 0 Å². The SMILES string of the molecule is Cc1ccc(OCCCNC(=O)C2CC3CCCCC3N2)cc1.Cl. The van der Waals surface area contributed by atoms with Gasteiger partial charge in [0.25, 0.3) is 0 Å². The molecular weight excluding hydrogens is 324 g/mol. The molecule has 1 aliphatic heterocycles. The van der Waals surface area contributed by atoms with E-state index in [1.54, 1.807) is 0 Å². The number of halogens is 1. The fraction of sp³-hybridized carbons (Fsp3) is 0.632. The van der Waals surface area contributed by atoms with Crippen LogP contribution in [0.3, 0.4) is 0 Å². The number of hydrogen-bond acceptors (Lipinski definition) is 3. The average Bonchev–Trinajstić information content (AvgIpc) is 3.00. The predicted octanol–water partition coefficient (Wildman–Crippen LogP) is 3.22. The van der Waals surface area contributed by atoms with E-state index in [2.05, 4.69) is 17.6 Å². The van der Waals surface area contributed by atoms with E-state index in [0.717, 1.165) is 18.6 Å². The molecule has 3 unspecified atom stereocenters. The summed E-state index contributed by atoms with van der Waals surface area (Å²) in [4.78, 5) is 12.2. The second kappa shape index (κ2) is 9.28. The Balaban J connectivity index is 0.00000208. The lowest BCUT2D eigenvalue weighted by Gasteiger charge is -2.24. The van der Waals surface area contributed by atoms with Crippen LogP contribution in [0.1, 0.15) is 44.1 Å². The van der Waals surface area contributed by atoms with Gasteiger partial charge in [-0.05, 0) is 50.7 Å². The Bertz CT molecular complexity index is 507. The van der Waals surface area contributed by atoms with Crippen LogP contribution in [0.5, 0.6) is 5.75 Å². The van der Waals surface area contributed by atoms with Crippen LogP contribution in [-0.4, -0.2) is 31.1 Å². The van der Waals surface area contributed by atoms with E-state index < -0.39 is 0 Å². The topological polar surface area (TPSA) is 50.4 Å². The molecular formula is C19H29ClN2O2. The fourth-order valence-corrected chi connectivity index (χ4v) is 3.75. The zero-order valence-corrected chi connectivity index (χ0v) is 15.2. The largest absolute Gasteiger partial charge is 0.494 e. The molecule has 5 heteroatoms. The molecule has 0 bridgehead atoms. The summed E-state index contributed by atoms with van der Waals surface area (Å²) in [5, 5.41) is 6.57. The van der Waals surface area contributed by atoms with Crippen LogP contribution in [-0.2, 0) is 4.79 Å². The quantitative estimate of drug-likeness (QED) is 0.773. The monoisotopic (exact) mass is 352 g/mol. The standard InChI is InChI=1S/C19H28N2O2.ClH/c1-14-7-9-16(10-8-14)23-12-4-11-20-19(22)18-13-15-5-2-3-6-17(15)21-18;/h7-10,15,17-18,21H,2-6,11-13H2,1H3,(H,20,22);1H. The summed E-state index contributed by atoms with van der Waals surface area (Å²) in [6.07, 6.45) is 6.99. The predicted molar refractivity (Wildman–Crippen MR) is 98.8 cm³/mol. The maximum Gasteiger partial charge on any atom is 0.237 e. The first-order valence-electron chi connectivity index (χ1n) is 8.95. The van der Waals surface area contributed by atoms with Crippen LogP contribution in [0.4, 0.5) is 0 Å². The molecule has 1 saturated heterocycles. The van der Waals surface area contributed by atoms with E-state index in [9.17, 15) is 4.79 Å². The summed E-state index contributed by atoms with van der Waals surface area (Å²) in [6.45, 7) is 3.37. The lowest BCUT2D eigenvalue weighted by Crippen LogP contribution is -2.43. The highest BCUT2D eigenvalue weighted by Crippen LogP contribution is 2.33. The fourth-order valence-electron chi connectivity index (χ4n) is 3.75. The van der Waals surface area contributed by atoms with Crippen molar-refractivity contribution in [2.24, 2.45) is 5.92 Å². The number of hydrogen-bond donors (Lipinski definition) is 2. The summed E-state index contributed by atoms with van der Waals surface area (Å²) in [7, 11) is 0. The minimum atomic E-state index is 0. The van der Waals surface area contributed by atoms with Gasteiger partial charge in [0.05, 0.1) is 12.6 Å². The van der Waals surface area contributed by atoms with E-state index in [1.807, 2.05) is 24.3 Å². The third-order valence-electron chi connectivity index (χ3n) is 5.09. The third-order valence-corrected chi connectivity index (χ3v) is 5.09. The highest BCUT2D eigenvalue weighted by Gasteiger charge is 2.37. The van der Waals surface area contributed by atoms with Crippen LogP contribution in [0.25, 0.3) is 0 Å². The van der Waals surface area contributed by atoms with Crippen molar-refractivity contribution in [1.82, 2.24) is 10.6 Å². The summed E-state index contributed by atoms with van der Waals surface area (Å²) in [6, 6.07) is 8.64. The molecule has 24 heavy (non-hydrogen) atoms. The second-order valence-corrected chi connectivity index (χ2v) is 6.91. The van der Waals surface area contributed by atoms with Crippen molar-refractivity contribution in [2.75, 3.05) is 13.2 Å². The van der Waals surface area contributed by atoms with Crippen LogP contribution in [0.15, 0.2) is 24.3 Å². The zero-order chi connectivity index (χ0) is 16.1. The number of nitrogens with one attached hydrogen (secondary N) is 2. The molecule has 2 N–H and O–H groups in total. The maximum absolute atomic E-state index is 12.2. The van der Waals surface area contributed by atoms with E-state index in [0.29, 0.717) is 25.1 Å². The van der Waals surface area contributed by atoms with Crippen molar-refractivity contribution in [2.45, 2.75) is 57.5 Å². The van der Waals surface area contributed by atoms with Gasteiger partial charge in [-0.2, -0.15) is 0 Å². The number of carbonyl (C=O) groups is 1. The minimum absolute atomic E-state index is 0. The first-order valence-corrected chi connectivity index (χ1v) is 8.95. The van der Waals surface area contributed by atoms with Crippen LogP contribution in [0.2, 0.25) is 0 Å². The van der Waals surface area contributed by atoms with Gasteiger partial charge in [-0.25, -0.2) is 0 Å². The lowest BCUT2D eigenvalue weighted by atomic mass is 9.85. The molecule has 3 atom stereocenters. The summed E-state index contributed by atoms with van der Waals surface area (Å²) >= 11 is 0. The molecule has 2 fully saturated rings. The Labute approximate surface area is 151 Å².